The Kier molecular flexibility index (Phi) is 13.6. The van der Waals surface area contributed by atoms with E-state index in [1.54, 1.807) is 0 Å². The number of para-hydroxylation sites is 4. The second-order valence-electron chi connectivity index (χ2n) is 18.9. The molecule has 0 unspecified atom stereocenters. The fourth-order valence-electron chi connectivity index (χ4n) is 10.4. The van der Waals surface area contributed by atoms with E-state index in [2.05, 4.69) is 337 Å². The summed E-state index contributed by atoms with van der Waals surface area (Å²) in [7, 11) is 0. The maximum Gasteiger partial charge on any atom is 0.0462 e. The van der Waals surface area contributed by atoms with Gasteiger partial charge in [-0.25, -0.2) is 0 Å². The molecule has 12 aromatic rings. The predicted octanol–water partition coefficient (Wildman–Crippen LogP) is 20.8. The molecule has 0 atom stereocenters. The van der Waals surface area contributed by atoms with Gasteiger partial charge in [0.15, 0.2) is 0 Å². The van der Waals surface area contributed by atoms with Crippen LogP contribution in [0.2, 0.25) is 0 Å². The Balaban J connectivity index is 0.875. The van der Waals surface area contributed by atoms with Crippen LogP contribution in [-0.2, 0) is 0 Å². The lowest BCUT2D eigenvalue weighted by atomic mass is 9.79. The number of hydrogen-bond donors (Lipinski definition) is 0. The molecule has 0 aromatic heterocycles. The largest absolute Gasteiger partial charge is 0.311 e. The molecule has 12 aromatic carbocycles. The monoisotopic (exact) mass is 970 g/mol. The Bertz CT molecular complexity index is 3550. The number of rotatable bonds is 14. The third-order valence-electron chi connectivity index (χ3n) is 14.0. The lowest BCUT2D eigenvalue weighted by Crippen LogP contribution is -2.09. The predicted molar refractivity (Wildman–Crippen MR) is 326 cm³/mol. The number of hydrogen-bond acceptors (Lipinski definition) is 2. The van der Waals surface area contributed by atoms with Crippen molar-refractivity contribution < 1.29 is 0 Å². The molecule has 0 spiro atoms. The zero-order chi connectivity index (χ0) is 50.9. The van der Waals surface area contributed by atoms with Crippen molar-refractivity contribution >= 4 is 69.2 Å². The zero-order valence-electron chi connectivity index (χ0n) is 42.1. The van der Waals surface area contributed by atoms with E-state index >= 15 is 0 Å². The van der Waals surface area contributed by atoms with Crippen molar-refractivity contribution in [2.45, 2.75) is 0 Å². The Labute approximate surface area is 446 Å². The molecular formula is C74H54N2. The van der Waals surface area contributed by atoms with E-state index in [9.17, 15) is 0 Å². The first kappa shape index (κ1) is 47.0. The van der Waals surface area contributed by atoms with E-state index < -0.39 is 0 Å². The van der Waals surface area contributed by atoms with Gasteiger partial charge in [0.25, 0.3) is 0 Å². The zero-order valence-corrected chi connectivity index (χ0v) is 42.1. The fourth-order valence-corrected chi connectivity index (χ4v) is 10.4. The fraction of sp³-hybridized carbons (Fsp3) is 0. The third kappa shape index (κ3) is 10.0. The summed E-state index contributed by atoms with van der Waals surface area (Å²) < 4.78 is 0. The van der Waals surface area contributed by atoms with Crippen LogP contribution in [0.3, 0.4) is 0 Å². The Morgan fingerprint density at radius 2 is 0.382 bits per heavy atom. The van der Waals surface area contributed by atoms with Crippen molar-refractivity contribution in [2.75, 3.05) is 9.80 Å². The molecule has 0 aliphatic rings. The molecule has 0 saturated heterocycles. The molecule has 0 N–H and O–H groups in total. The topological polar surface area (TPSA) is 6.48 Å². The van der Waals surface area contributed by atoms with Crippen molar-refractivity contribution in [2.24, 2.45) is 0 Å². The molecule has 0 bridgehead atoms. The quantitative estimate of drug-likeness (QED) is 0.100. The summed E-state index contributed by atoms with van der Waals surface area (Å²) in [5.74, 6) is 0. The molecule has 0 radical (unpaired) electrons. The number of benzene rings is 12. The van der Waals surface area contributed by atoms with E-state index in [-0.39, 0.29) is 0 Å². The van der Waals surface area contributed by atoms with E-state index in [0.717, 1.165) is 56.4 Å². The lowest BCUT2D eigenvalue weighted by Gasteiger charge is -2.25. The average Bonchev–Trinajstić information content (AvgIpc) is 3.58. The van der Waals surface area contributed by atoms with Crippen LogP contribution in [0, 0.1) is 0 Å². The summed E-state index contributed by atoms with van der Waals surface area (Å²) in [6.45, 7) is 0. The molecule has 12 rings (SSSR count). The summed E-state index contributed by atoms with van der Waals surface area (Å²) in [5.41, 5.74) is 20.8. The van der Waals surface area contributed by atoms with Crippen molar-refractivity contribution in [1.82, 2.24) is 0 Å². The van der Waals surface area contributed by atoms with Crippen molar-refractivity contribution in [3.8, 4) is 44.5 Å². The highest BCUT2D eigenvalue weighted by molar-refractivity contribution is 6.18. The van der Waals surface area contributed by atoms with Crippen LogP contribution in [-0.4, -0.2) is 0 Å². The van der Waals surface area contributed by atoms with Crippen LogP contribution in [0.4, 0.5) is 34.1 Å². The highest BCUT2D eigenvalue weighted by Crippen LogP contribution is 2.51. The highest BCUT2D eigenvalue weighted by Gasteiger charge is 2.24. The highest BCUT2D eigenvalue weighted by atomic mass is 15.1. The molecule has 0 fully saturated rings. The molecule has 0 amide bonds. The van der Waals surface area contributed by atoms with Crippen LogP contribution in [0.25, 0.3) is 79.6 Å². The van der Waals surface area contributed by atoms with Gasteiger partial charge < -0.3 is 9.80 Å². The minimum absolute atomic E-state index is 1.11. The van der Waals surface area contributed by atoms with Gasteiger partial charge in [-0.05, 0) is 150 Å². The van der Waals surface area contributed by atoms with Gasteiger partial charge in [0, 0.05) is 34.1 Å². The van der Waals surface area contributed by atoms with Gasteiger partial charge in [0.05, 0.1) is 0 Å². The molecule has 2 nitrogen and oxygen atoms in total. The second-order valence-corrected chi connectivity index (χ2v) is 18.9. The van der Waals surface area contributed by atoms with E-state index in [1.165, 1.54) is 55.3 Å². The Hall–Kier alpha value is -10.0. The average molecular weight is 971 g/mol. The molecular weight excluding hydrogens is 917 g/mol. The normalized spacial score (nSPS) is 11.3. The first-order valence-electron chi connectivity index (χ1n) is 26.0. The van der Waals surface area contributed by atoms with Crippen molar-refractivity contribution in [3.05, 3.63) is 326 Å². The first-order valence-corrected chi connectivity index (χ1v) is 26.0. The first-order chi connectivity index (χ1) is 37.7. The molecule has 360 valence electrons. The molecule has 2 heteroatoms. The molecule has 0 heterocycles. The van der Waals surface area contributed by atoms with Crippen LogP contribution < -0.4 is 9.80 Å². The number of fused-ring (bicyclic) bond motifs is 1. The smallest absolute Gasteiger partial charge is 0.0462 e. The van der Waals surface area contributed by atoms with Crippen LogP contribution >= 0.6 is 0 Å². The maximum atomic E-state index is 2.30. The SMILES string of the molecule is C(=C\c1ccc(N(c2ccccc2)c2ccccc2)cc1)/c1ccc(-c2c(-c3ccccc3)c(-c3ccccc3)c(-c3ccc(/C=C/c4ccc(N(c5ccccc5)c5ccccc5)cc4)cc3)c3ccccc23)cc1. The Morgan fingerprint density at radius 1 is 0.171 bits per heavy atom. The standard InChI is InChI=1S/C74H54N2/c1-7-21-59(22-8-1)73-71(61-47-39-55(40-48-61)35-37-57-43-51-67(52-44-57)75(63-25-11-3-12-26-63)64-27-13-4-14-28-64)69-33-19-20-34-70(69)72(74(73)60-23-9-2-10-24-60)62-49-41-56(42-50-62)36-38-58-45-53-68(54-46-58)76(65-29-15-5-16-30-65)66-31-17-6-18-32-66/h1-54H/b37-35+,38-36+. The minimum Gasteiger partial charge on any atom is -0.311 e. The summed E-state index contributed by atoms with van der Waals surface area (Å²) in [6.07, 6.45) is 8.82. The summed E-state index contributed by atoms with van der Waals surface area (Å²) >= 11 is 0. The van der Waals surface area contributed by atoms with E-state index in [4.69, 9.17) is 0 Å². The van der Waals surface area contributed by atoms with Crippen molar-refractivity contribution in [3.63, 3.8) is 0 Å². The van der Waals surface area contributed by atoms with Crippen LogP contribution in [0.15, 0.2) is 303 Å². The third-order valence-corrected chi connectivity index (χ3v) is 14.0. The van der Waals surface area contributed by atoms with Crippen molar-refractivity contribution in [1.29, 1.82) is 0 Å². The van der Waals surface area contributed by atoms with E-state index in [0.29, 0.717) is 0 Å². The summed E-state index contributed by atoms with van der Waals surface area (Å²) in [6, 6.07) is 109. The lowest BCUT2D eigenvalue weighted by molar-refractivity contribution is 1.28. The van der Waals surface area contributed by atoms with Gasteiger partial charge in [-0.2, -0.15) is 0 Å². The van der Waals surface area contributed by atoms with Gasteiger partial charge in [-0.3, -0.25) is 0 Å². The molecule has 0 aliphatic carbocycles. The van der Waals surface area contributed by atoms with Crippen LogP contribution in [0.1, 0.15) is 22.3 Å². The van der Waals surface area contributed by atoms with E-state index in [1.807, 2.05) is 0 Å². The van der Waals surface area contributed by atoms with Gasteiger partial charge in [0.1, 0.15) is 0 Å². The van der Waals surface area contributed by atoms with Gasteiger partial charge in [0.2, 0.25) is 0 Å². The number of anilines is 6. The summed E-state index contributed by atoms with van der Waals surface area (Å²) in [4.78, 5) is 4.58. The van der Waals surface area contributed by atoms with Gasteiger partial charge >= 0.3 is 0 Å². The van der Waals surface area contributed by atoms with Crippen LogP contribution in [0.5, 0.6) is 0 Å². The molecule has 76 heavy (non-hydrogen) atoms. The Morgan fingerprint density at radius 3 is 0.658 bits per heavy atom. The number of nitrogens with zero attached hydrogens (tertiary/aromatic N) is 2. The summed E-state index contributed by atoms with van der Waals surface area (Å²) in [5, 5.41) is 2.43. The maximum absolute atomic E-state index is 2.30. The minimum atomic E-state index is 1.11. The van der Waals surface area contributed by atoms with Gasteiger partial charge in [-0.15, -0.1) is 0 Å². The molecule has 0 saturated carbocycles. The second kappa shape index (κ2) is 22.0. The molecule has 0 aliphatic heterocycles. The van der Waals surface area contributed by atoms with Gasteiger partial charge in [-0.1, -0.05) is 255 Å².